The van der Waals surface area contributed by atoms with Crippen molar-refractivity contribution < 1.29 is 9.90 Å². The maximum atomic E-state index is 11.3. The fourth-order valence-electron chi connectivity index (χ4n) is 3.12. The third-order valence-electron chi connectivity index (χ3n) is 4.21. The van der Waals surface area contributed by atoms with Gasteiger partial charge in [-0.2, -0.15) is 0 Å². The van der Waals surface area contributed by atoms with E-state index in [4.69, 9.17) is 0 Å². The van der Waals surface area contributed by atoms with Gasteiger partial charge in [0.25, 0.3) is 0 Å². The summed E-state index contributed by atoms with van der Waals surface area (Å²) in [4.78, 5) is 22.1. The van der Waals surface area contributed by atoms with Crippen molar-refractivity contribution in [3.8, 4) is 0 Å². The van der Waals surface area contributed by atoms with E-state index in [2.05, 4.69) is 28.3 Å². The molecular formula is C15H19N3O2S. The Morgan fingerprint density at radius 3 is 3.05 bits per heavy atom. The minimum atomic E-state index is -0.666. The summed E-state index contributed by atoms with van der Waals surface area (Å²) in [5, 5.41) is 13.7. The second-order valence-electron chi connectivity index (χ2n) is 5.67. The number of aryl methyl sites for hydroxylation is 1. The SMILES string of the molecule is Cc1cc2c(NCC3CCCCC3C(=O)O)ncnc2s1. The average Bonchev–Trinajstić information content (AvgIpc) is 2.86. The van der Waals surface area contributed by atoms with Gasteiger partial charge in [0, 0.05) is 11.4 Å². The van der Waals surface area contributed by atoms with E-state index in [1.165, 1.54) is 4.88 Å². The van der Waals surface area contributed by atoms with Crippen LogP contribution in [-0.4, -0.2) is 27.6 Å². The summed E-state index contributed by atoms with van der Waals surface area (Å²) < 4.78 is 0. The molecule has 1 aliphatic carbocycles. The predicted octanol–water partition coefficient (Wildman–Crippen LogP) is 3.30. The normalized spacial score (nSPS) is 22.3. The van der Waals surface area contributed by atoms with E-state index in [1.54, 1.807) is 17.7 Å². The Balaban J connectivity index is 1.75. The van der Waals surface area contributed by atoms with Crippen LogP contribution in [0, 0.1) is 18.8 Å². The molecule has 0 amide bonds. The molecule has 2 atom stereocenters. The van der Waals surface area contributed by atoms with Crippen LogP contribution in [-0.2, 0) is 4.79 Å². The molecule has 0 radical (unpaired) electrons. The van der Waals surface area contributed by atoms with Crippen molar-refractivity contribution in [2.45, 2.75) is 32.6 Å². The average molecular weight is 305 g/mol. The lowest BCUT2D eigenvalue weighted by Gasteiger charge is -2.28. The molecule has 2 N–H and O–H groups in total. The maximum absolute atomic E-state index is 11.3. The zero-order chi connectivity index (χ0) is 14.8. The predicted molar refractivity (Wildman–Crippen MR) is 83.7 cm³/mol. The van der Waals surface area contributed by atoms with Gasteiger partial charge in [0.05, 0.1) is 11.3 Å². The van der Waals surface area contributed by atoms with Crippen molar-refractivity contribution in [3.63, 3.8) is 0 Å². The van der Waals surface area contributed by atoms with Crippen LogP contribution in [0.2, 0.25) is 0 Å². The third-order valence-corrected chi connectivity index (χ3v) is 5.17. The van der Waals surface area contributed by atoms with Gasteiger partial charge >= 0.3 is 5.97 Å². The van der Waals surface area contributed by atoms with Crippen LogP contribution in [0.1, 0.15) is 30.6 Å². The van der Waals surface area contributed by atoms with Crippen molar-refractivity contribution >= 4 is 33.3 Å². The van der Waals surface area contributed by atoms with Gasteiger partial charge in [0.15, 0.2) is 0 Å². The van der Waals surface area contributed by atoms with Crippen molar-refractivity contribution in [1.29, 1.82) is 0 Å². The molecule has 0 saturated heterocycles. The number of aliphatic carboxylic acids is 1. The molecule has 1 fully saturated rings. The smallest absolute Gasteiger partial charge is 0.306 e. The summed E-state index contributed by atoms with van der Waals surface area (Å²) in [5.74, 6) is 0.105. The number of rotatable bonds is 4. The van der Waals surface area contributed by atoms with E-state index in [-0.39, 0.29) is 11.8 Å². The third kappa shape index (κ3) is 3.00. The molecule has 1 aliphatic rings. The Kier molecular flexibility index (Phi) is 4.05. The number of carbonyl (C=O) groups is 1. The van der Waals surface area contributed by atoms with Crippen molar-refractivity contribution in [2.24, 2.45) is 11.8 Å². The van der Waals surface area contributed by atoms with E-state index >= 15 is 0 Å². The fourth-order valence-corrected chi connectivity index (χ4v) is 3.97. The number of thiophene rings is 1. The number of carboxylic acid groups (broad SMARTS) is 1. The molecule has 0 spiro atoms. The summed E-state index contributed by atoms with van der Waals surface area (Å²) >= 11 is 1.65. The number of fused-ring (bicyclic) bond motifs is 1. The second-order valence-corrected chi connectivity index (χ2v) is 6.90. The molecule has 3 rings (SSSR count). The Labute approximate surface area is 127 Å². The number of nitrogens with one attached hydrogen (secondary N) is 1. The van der Waals surface area contributed by atoms with Gasteiger partial charge in [-0.15, -0.1) is 11.3 Å². The van der Waals surface area contributed by atoms with Crippen LogP contribution in [0.25, 0.3) is 10.2 Å². The van der Waals surface area contributed by atoms with Crippen LogP contribution in [0.15, 0.2) is 12.4 Å². The minimum Gasteiger partial charge on any atom is -0.481 e. The maximum Gasteiger partial charge on any atom is 0.306 e. The van der Waals surface area contributed by atoms with Gasteiger partial charge in [-0.1, -0.05) is 12.8 Å². The molecule has 2 heterocycles. The summed E-state index contributed by atoms with van der Waals surface area (Å²) in [7, 11) is 0. The van der Waals surface area contributed by atoms with E-state index in [0.29, 0.717) is 6.54 Å². The number of hydrogen-bond donors (Lipinski definition) is 2. The highest BCUT2D eigenvalue weighted by molar-refractivity contribution is 7.18. The fraction of sp³-hybridized carbons (Fsp3) is 0.533. The van der Waals surface area contributed by atoms with E-state index in [1.807, 2.05) is 0 Å². The van der Waals surface area contributed by atoms with Gasteiger partial charge in [-0.05, 0) is 31.7 Å². The molecule has 2 aromatic rings. The van der Waals surface area contributed by atoms with Crippen molar-refractivity contribution in [2.75, 3.05) is 11.9 Å². The highest BCUT2D eigenvalue weighted by Gasteiger charge is 2.30. The van der Waals surface area contributed by atoms with Gasteiger partial charge in [-0.25, -0.2) is 9.97 Å². The standard InChI is InChI=1S/C15H19N3O2S/c1-9-6-12-13(17-8-18-14(12)21-9)16-7-10-4-2-3-5-11(10)15(19)20/h6,8,10-11H,2-5,7H2,1H3,(H,19,20)(H,16,17,18). The van der Waals surface area contributed by atoms with Gasteiger partial charge in [0.2, 0.25) is 0 Å². The summed E-state index contributed by atoms with van der Waals surface area (Å²) in [5.41, 5.74) is 0. The molecule has 0 aromatic carbocycles. The molecular weight excluding hydrogens is 286 g/mol. The number of aromatic nitrogens is 2. The van der Waals surface area contributed by atoms with Crippen LogP contribution < -0.4 is 5.32 Å². The van der Waals surface area contributed by atoms with E-state index in [0.717, 1.165) is 41.7 Å². The Bertz CT molecular complexity index is 655. The second kappa shape index (κ2) is 5.97. The van der Waals surface area contributed by atoms with Crippen LogP contribution in [0.5, 0.6) is 0 Å². The lowest BCUT2D eigenvalue weighted by atomic mass is 9.79. The van der Waals surface area contributed by atoms with E-state index in [9.17, 15) is 9.90 Å². The van der Waals surface area contributed by atoms with Crippen LogP contribution >= 0.6 is 11.3 Å². The molecule has 21 heavy (non-hydrogen) atoms. The monoisotopic (exact) mass is 305 g/mol. The largest absolute Gasteiger partial charge is 0.481 e. The summed E-state index contributed by atoms with van der Waals surface area (Å²) in [6, 6.07) is 2.08. The first-order valence-electron chi connectivity index (χ1n) is 7.33. The molecule has 6 heteroatoms. The molecule has 5 nitrogen and oxygen atoms in total. The molecule has 2 aromatic heterocycles. The highest BCUT2D eigenvalue weighted by atomic mass is 32.1. The Morgan fingerprint density at radius 2 is 2.24 bits per heavy atom. The van der Waals surface area contributed by atoms with Crippen LogP contribution in [0.3, 0.4) is 0 Å². The lowest BCUT2D eigenvalue weighted by Crippen LogP contribution is -2.31. The summed E-state index contributed by atoms with van der Waals surface area (Å²) in [6.07, 6.45) is 5.47. The lowest BCUT2D eigenvalue weighted by molar-refractivity contribution is -0.144. The van der Waals surface area contributed by atoms with Crippen molar-refractivity contribution in [1.82, 2.24) is 9.97 Å². The zero-order valence-corrected chi connectivity index (χ0v) is 12.8. The highest BCUT2D eigenvalue weighted by Crippen LogP contribution is 2.32. The van der Waals surface area contributed by atoms with E-state index < -0.39 is 5.97 Å². The Morgan fingerprint density at radius 1 is 1.43 bits per heavy atom. The molecule has 1 saturated carbocycles. The van der Waals surface area contributed by atoms with Crippen LogP contribution in [0.4, 0.5) is 5.82 Å². The summed E-state index contributed by atoms with van der Waals surface area (Å²) in [6.45, 7) is 2.72. The Hall–Kier alpha value is -1.69. The zero-order valence-electron chi connectivity index (χ0n) is 12.0. The first kappa shape index (κ1) is 14.3. The molecule has 112 valence electrons. The number of carboxylic acids is 1. The molecule has 2 unspecified atom stereocenters. The quantitative estimate of drug-likeness (QED) is 0.906. The molecule has 0 bridgehead atoms. The topological polar surface area (TPSA) is 75.1 Å². The van der Waals surface area contributed by atoms with Gasteiger partial charge in [-0.3, -0.25) is 4.79 Å². The number of anilines is 1. The number of hydrogen-bond acceptors (Lipinski definition) is 5. The van der Waals surface area contributed by atoms with Gasteiger partial charge < -0.3 is 10.4 Å². The first-order chi connectivity index (χ1) is 10.1. The van der Waals surface area contributed by atoms with Gasteiger partial charge in [0.1, 0.15) is 17.0 Å². The number of nitrogens with zero attached hydrogens (tertiary/aromatic N) is 2. The first-order valence-corrected chi connectivity index (χ1v) is 8.14. The van der Waals surface area contributed by atoms with Crippen molar-refractivity contribution in [3.05, 3.63) is 17.3 Å². The minimum absolute atomic E-state index is 0.181. The molecule has 0 aliphatic heterocycles.